The number of carbonyl (C=O) groups is 1. The number of carboxylic acids is 1. The molecule has 7 heteroatoms. The first-order chi connectivity index (χ1) is 8.15. The Morgan fingerprint density at radius 1 is 1.65 bits per heavy atom. The first-order valence-electron chi connectivity index (χ1n) is 5.21. The van der Waals surface area contributed by atoms with Crippen molar-refractivity contribution in [2.75, 3.05) is 5.75 Å². The van der Waals surface area contributed by atoms with Crippen molar-refractivity contribution in [3.63, 3.8) is 0 Å². The molecule has 0 saturated carbocycles. The van der Waals surface area contributed by atoms with Crippen LogP contribution in [-0.2, 0) is 9.53 Å². The molecular weight excluding hydrogens is 244 g/mol. The van der Waals surface area contributed by atoms with Crippen molar-refractivity contribution in [3.05, 3.63) is 22.6 Å². The Hall–Kier alpha value is -1.34. The molecule has 2 unspecified atom stereocenters. The van der Waals surface area contributed by atoms with E-state index < -0.39 is 12.1 Å². The van der Waals surface area contributed by atoms with Crippen LogP contribution in [0.5, 0.6) is 0 Å². The molecule has 2 atom stereocenters. The van der Waals surface area contributed by atoms with Gasteiger partial charge in [-0.15, -0.1) is 0 Å². The van der Waals surface area contributed by atoms with Gasteiger partial charge < -0.3 is 14.8 Å². The second-order valence-corrected chi connectivity index (χ2v) is 4.72. The average Bonchev–Trinajstić information content (AvgIpc) is 2.75. The van der Waals surface area contributed by atoms with Crippen molar-refractivity contribution >= 4 is 17.7 Å². The Bertz CT molecular complexity index is 462. The highest BCUT2D eigenvalue weighted by Crippen LogP contribution is 2.24. The molecule has 0 bridgehead atoms. The number of aliphatic carboxylic acids is 1. The molecule has 1 saturated heterocycles. The van der Waals surface area contributed by atoms with E-state index in [0.717, 1.165) is 6.42 Å². The lowest BCUT2D eigenvalue weighted by molar-refractivity contribution is -0.148. The van der Waals surface area contributed by atoms with Gasteiger partial charge in [-0.3, -0.25) is 4.79 Å². The van der Waals surface area contributed by atoms with Gasteiger partial charge in [-0.05, 0) is 12.8 Å². The third kappa shape index (κ3) is 3.31. The number of ether oxygens (including phenoxy) is 1. The van der Waals surface area contributed by atoms with Gasteiger partial charge in [0.25, 0.3) is 5.56 Å². The Labute approximate surface area is 101 Å². The molecule has 0 radical (unpaired) electrons. The normalized spacial score (nSPS) is 23.8. The molecular formula is C10H12N2O4S. The predicted octanol–water partition coefficient (Wildman–Crippen LogP) is 0.494. The minimum atomic E-state index is -0.913. The summed E-state index contributed by atoms with van der Waals surface area (Å²) in [6.07, 6.45) is 1.92. The molecule has 0 aliphatic carbocycles. The molecule has 1 aliphatic rings. The zero-order valence-corrected chi connectivity index (χ0v) is 9.77. The molecule has 0 spiro atoms. The Balaban J connectivity index is 1.84. The van der Waals surface area contributed by atoms with Crippen LogP contribution in [0.25, 0.3) is 0 Å². The molecule has 1 fully saturated rings. The maximum absolute atomic E-state index is 11.0. The third-order valence-corrected chi connectivity index (χ3v) is 3.46. The standard InChI is InChI=1S/C10H12N2O4S/c13-8-3-4-11-10(12-8)17-5-6-1-2-7(16-6)9(14)15/h3-4,6-7H,1-2,5H2,(H,14,15)(H,11,12,13). The molecule has 1 aromatic heterocycles. The Morgan fingerprint density at radius 2 is 2.47 bits per heavy atom. The number of aromatic nitrogens is 2. The number of rotatable bonds is 4. The molecule has 17 heavy (non-hydrogen) atoms. The van der Waals surface area contributed by atoms with E-state index in [0.29, 0.717) is 17.3 Å². The van der Waals surface area contributed by atoms with Crippen molar-refractivity contribution < 1.29 is 14.6 Å². The van der Waals surface area contributed by atoms with E-state index in [-0.39, 0.29) is 11.7 Å². The van der Waals surface area contributed by atoms with E-state index in [4.69, 9.17) is 9.84 Å². The Kier molecular flexibility index (Phi) is 3.80. The molecule has 1 aliphatic heterocycles. The van der Waals surface area contributed by atoms with E-state index in [9.17, 15) is 9.59 Å². The van der Waals surface area contributed by atoms with E-state index in [1.807, 2.05) is 0 Å². The van der Waals surface area contributed by atoms with Crippen molar-refractivity contribution in [1.82, 2.24) is 9.97 Å². The fourth-order valence-electron chi connectivity index (χ4n) is 1.61. The summed E-state index contributed by atoms with van der Waals surface area (Å²) < 4.78 is 5.33. The minimum Gasteiger partial charge on any atom is -0.479 e. The highest BCUT2D eigenvalue weighted by molar-refractivity contribution is 7.99. The van der Waals surface area contributed by atoms with Gasteiger partial charge in [0.2, 0.25) is 0 Å². The number of nitrogens with one attached hydrogen (secondary N) is 1. The van der Waals surface area contributed by atoms with Crippen LogP contribution < -0.4 is 5.56 Å². The SMILES string of the molecule is O=C(O)C1CCC(CSc2nccc(=O)[nH]2)O1. The number of thioether (sulfide) groups is 1. The highest BCUT2D eigenvalue weighted by Gasteiger charge is 2.30. The third-order valence-electron chi connectivity index (χ3n) is 2.44. The van der Waals surface area contributed by atoms with Gasteiger partial charge >= 0.3 is 5.97 Å². The van der Waals surface area contributed by atoms with Crippen molar-refractivity contribution in [1.29, 1.82) is 0 Å². The second-order valence-electron chi connectivity index (χ2n) is 3.71. The summed E-state index contributed by atoms with van der Waals surface area (Å²) in [5.74, 6) is -0.319. The van der Waals surface area contributed by atoms with Gasteiger partial charge in [0.1, 0.15) is 0 Å². The number of nitrogens with zero attached hydrogens (tertiary/aromatic N) is 1. The van der Waals surface area contributed by atoms with Crippen LogP contribution in [0, 0.1) is 0 Å². The lowest BCUT2D eigenvalue weighted by Crippen LogP contribution is -2.21. The lowest BCUT2D eigenvalue weighted by Gasteiger charge is -2.09. The zero-order chi connectivity index (χ0) is 12.3. The number of hydrogen-bond donors (Lipinski definition) is 2. The number of H-pyrrole nitrogens is 1. The minimum absolute atomic E-state index is 0.0911. The van der Waals surface area contributed by atoms with Crippen LogP contribution in [-0.4, -0.2) is 39.0 Å². The molecule has 2 heterocycles. The lowest BCUT2D eigenvalue weighted by atomic mass is 10.2. The van der Waals surface area contributed by atoms with Crippen LogP contribution in [0.2, 0.25) is 0 Å². The Morgan fingerprint density at radius 3 is 3.12 bits per heavy atom. The first-order valence-corrected chi connectivity index (χ1v) is 6.20. The van der Waals surface area contributed by atoms with Crippen LogP contribution >= 0.6 is 11.8 Å². The number of carboxylic acid groups (broad SMARTS) is 1. The van der Waals surface area contributed by atoms with E-state index in [2.05, 4.69) is 9.97 Å². The summed E-state index contributed by atoms with van der Waals surface area (Å²) in [4.78, 5) is 28.3. The van der Waals surface area contributed by atoms with Gasteiger partial charge in [0.15, 0.2) is 11.3 Å². The van der Waals surface area contributed by atoms with Gasteiger partial charge in [0.05, 0.1) is 6.10 Å². The summed E-state index contributed by atoms with van der Waals surface area (Å²) >= 11 is 1.36. The van der Waals surface area contributed by atoms with E-state index in [1.54, 1.807) is 0 Å². The van der Waals surface area contributed by atoms with Crippen LogP contribution in [0.3, 0.4) is 0 Å². The van der Waals surface area contributed by atoms with Crippen LogP contribution in [0.1, 0.15) is 12.8 Å². The largest absolute Gasteiger partial charge is 0.479 e. The summed E-state index contributed by atoms with van der Waals surface area (Å²) in [6.45, 7) is 0. The fourth-order valence-corrected chi connectivity index (χ4v) is 2.50. The van der Waals surface area contributed by atoms with Crippen molar-refractivity contribution in [2.24, 2.45) is 0 Å². The van der Waals surface area contributed by atoms with Gasteiger partial charge in [0, 0.05) is 18.0 Å². The monoisotopic (exact) mass is 256 g/mol. The molecule has 1 aromatic rings. The molecule has 92 valence electrons. The molecule has 0 amide bonds. The molecule has 2 N–H and O–H groups in total. The summed E-state index contributed by atoms with van der Waals surface area (Å²) in [7, 11) is 0. The zero-order valence-electron chi connectivity index (χ0n) is 8.96. The summed E-state index contributed by atoms with van der Waals surface area (Å²) in [5.41, 5.74) is -0.196. The fraction of sp³-hybridized carbons (Fsp3) is 0.500. The quantitative estimate of drug-likeness (QED) is 0.602. The molecule has 2 rings (SSSR count). The molecule has 6 nitrogen and oxygen atoms in total. The van der Waals surface area contributed by atoms with Gasteiger partial charge in [-0.25, -0.2) is 9.78 Å². The molecule has 0 aromatic carbocycles. The summed E-state index contributed by atoms with van der Waals surface area (Å²) in [6, 6.07) is 1.34. The van der Waals surface area contributed by atoms with Crippen molar-refractivity contribution in [3.8, 4) is 0 Å². The summed E-state index contributed by atoms with van der Waals surface area (Å²) in [5, 5.41) is 9.29. The van der Waals surface area contributed by atoms with E-state index in [1.165, 1.54) is 24.0 Å². The van der Waals surface area contributed by atoms with Gasteiger partial charge in [-0.2, -0.15) is 0 Å². The van der Waals surface area contributed by atoms with Crippen LogP contribution in [0.15, 0.2) is 22.2 Å². The second kappa shape index (κ2) is 5.33. The first kappa shape index (κ1) is 12.1. The maximum Gasteiger partial charge on any atom is 0.332 e. The van der Waals surface area contributed by atoms with Crippen molar-refractivity contribution in [2.45, 2.75) is 30.2 Å². The topological polar surface area (TPSA) is 92.3 Å². The van der Waals surface area contributed by atoms with E-state index >= 15 is 0 Å². The number of hydrogen-bond acceptors (Lipinski definition) is 5. The van der Waals surface area contributed by atoms with Crippen LogP contribution in [0.4, 0.5) is 0 Å². The highest BCUT2D eigenvalue weighted by atomic mass is 32.2. The maximum atomic E-state index is 11.0. The average molecular weight is 256 g/mol. The smallest absolute Gasteiger partial charge is 0.332 e. The predicted molar refractivity (Wildman–Crippen MR) is 61.1 cm³/mol. The van der Waals surface area contributed by atoms with Gasteiger partial charge in [-0.1, -0.05) is 11.8 Å². The number of aromatic amines is 1.